The lowest BCUT2D eigenvalue weighted by Crippen LogP contribution is -2.41. The molecule has 2 saturated heterocycles. The van der Waals surface area contributed by atoms with Gasteiger partial charge in [0.05, 0.1) is 77.8 Å². The monoisotopic (exact) mass is 670 g/mol. The summed E-state index contributed by atoms with van der Waals surface area (Å²) in [6.45, 7) is 4.23. The third-order valence-electron chi connectivity index (χ3n) is 9.89. The Kier molecular flexibility index (Phi) is 11.6. The Morgan fingerprint density at radius 3 is 1.06 bits per heavy atom. The van der Waals surface area contributed by atoms with Gasteiger partial charge >= 0.3 is 0 Å². The molecule has 0 N–H and O–H groups in total. The number of ether oxygens (including phenoxy) is 6. The summed E-state index contributed by atoms with van der Waals surface area (Å²) in [5.41, 5.74) is 5.91. The van der Waals surface area contributed by atoms with Crippen LogP contribution in [0.4, 0.5) is 11.4 Å². The first-order valence-corrected chi connectivity index (χ1v) is 16.5. The molecule has 2 fully saturated rings. The van der Waals surface area contributed by atoms with Crippen LogP contribution in [0.25, 0.3) is 22.5 Å². The molecular formula is C39H50N4O6. The van der Waals surface area contributed by atoms with Crippen molar-refractivity contribution in [2.75, 3.05) is 78.6 Å². The number of piperidine rings is 2. The fraction of sp³-hybridized carbons (Fsp3) is 0.436. The van der Waals surface area contributed by atoms with Crippen LogP contribution in [-0.2, 0) is 0 Å². The Morgan fingerprint density at radius 1 is 0.490 bits per heavy atom. The number of pyridine rings is 2. The smallest absolute Gasteiger partial charge is 0.203 e. The number of hydrogen-bond acceptors (Lipinski definition) is 10. The molecule has 4 heterocycles. The second kappa shape index (κ2) is 16.0. The molecule has 0 saturated carbocycles. The number of anilines is 2. The minimum absolute atomic E-state index is 0. The van der Waals surface area contributed by atoms with E-state index in [1.807, 2.05) is 36.7 Å². The van der Waals surface area contributed by atoms with Gasteiger partial charge in [-0.05, 0) is 86.1 Å². The summed E-state index contributed by atoms with van der Waals surface area (Å²) in [6.07, 6.45) is 8.82. The molecule has 10 nitrogen and oxygen atoms in total. The highest BCUT2D eigenvalue weighted by Crippen LogP contribution is 2.43. The summed E-state index contributed by atoms with van der Waals surface area (Å²) >= 11 is 0. The highest BCUT2D eigenvalue weighted by Gasteiger charge is 2.30. The molecule has 0 spiro atoms. The molecule has 2 aliphatic rings. The van der Waals surface area contributed by atoms with Gasteiger partial charge in [-0.2, -0.15) is 0 Å². The van der Waals surface area contributed by atoms with Crippen molar-refractivity contribution in [2.45, 2.75) is 33.1 Å². The number of benzene rings is 2. The van der Waals surface area contributed by atoms with Crippen LogP contribution >= 0.6 is 0 Å². The lowest BCUT2D eigenvalue weighted by molar-refractivity contribution is 0.233. The maximum Gasteiger partial charge on any atom is 0.203 e. The molecule has 0 amide bonds. The van der Waals surface area contributed by atoms with Gasteiger partial charge in [-0.15, -0.1) is 0 Å². The molecule has 4 aromatic rings. The van der Waals surface area contributed by atoms with E-state index >= 15 is 0 Å². The molecule has 2 aromatic carbocycles. The second-order valence-electron chi connectivity index (χ2n) is 12.3. The highest BCUT2D eigenvalue weighted by atomic mass is 16.5. The Balaban J connectivity index is 0.00000468. The molecule has 0 bridgehead atoms. The van der Waals surface area contributed by atoms with Gasteiger partial charge in [0.2, 0.25) is 11.5 Å². The lowest BCUT2D eigenvalue weighted by Gasteiger charge is -2.41. The zero-order valence-corrected chi connectivity index (χ0v) is 28.8. The third-order valence-corrected chi connectivity index (χ3v) is 9.89. The standard InChI is InChI=1S/C38H46N4O6.CH4/c1-43-33-19-27(20-34(44-2)37(33)47-5)31-9-7-29(23-39-31)41-15-11-25(12-16-41)26-13-17-42(18-14-26)30-8-10-32(40-24-30)28-21-35(45-3)38(48-6)36(22-28)46-4;/h7-10,19-26H,11-18H2,1-6H3;1H4. The summed E-state index contributed by atoms with van der Waals surface area (Å²) in [4.78, 5) is 14.5. The SMILES string of the molecule is C.COc1cc(-c2ccc(N3CCC(C4CCN(c5ccc(-c6cc(OC)c(OC)c(OC)c6)nc5)CC4)CC3)cn2)cc(OC)c1OC. The Labute approximate surface area is 290 Å². The van der Waals surface area contributed by atoms with E-state index in [1.54, 1.807) is 42.7 Å². The van der Waals surface area contributed by atoms with Crippen molar-refractivity contribution in [3.8, 4) is 57.0 Å². The van der Waals surface area contributed by atoms with Crippen LogP contribution in [0.2, 0.25) is 0 Å². The molecule has 10 heteroatoms. The average Bonchev–Trinajstić information content (AvgIpc) is 3.16. The van der Waals surface area contributed by atoms with Crippen LogP contribution in [-0.4, -0.2) is 78.8 Å². The fourth-order valence-corrected chi connectivity index (χ4v) is 7.20. The van der Waals surface area contributed by atoms with Crippen molar-refractivity contribution in [2.24, 2.45) is 11.8 Å². The van der Waals surface area contributed by atoms with Gasteiger partial charge in [0, 0.05) is 37.3 Å². The summed E-state index contributed by atoms with van der Waals surface area (Å²) in [5, 5.41) is 0. The molecule has 2 aromatic heterocycles. The molecule has 49 heavy (non-hydrogen) atoms. The summed E-state index contributed by atoms with van der Waals surface area (Å²) < 4.78 is 33.1. The number of methoxy groups -OCH3 is 6. The molecule has 2 aliphatic heterocycles. The Bertz CT molecular complexity index is 1490. The van der Waals surface area contributed by atoms with Crippen LogP contribution in [0, 0.1) is 11.8 Å². The quantitative estimate of drug-likeness (QED) is 0.159. The average molecular weight is 671 g/mol. The van der Waals surface area contributed by atoms with E-state index in [1.165, 1.54) is 37.1 Å². The second-order valence-corrected chi connectivity index (χ2v) is 12.3. The van der Waals surface area contributed by atoms with Gasteiger partial charge in [0.15, 0.2) is 23.0 Å². The van der Waals surface area contributed by atoms with E-state index in [-0.39, 0.29) is 7.43 Å². The van der Waals surface area contributed by atoms with E-state index in [2.05, 4.69) is 34.1 Å². The van der Waals surface area contributed by atoms with Gasteiger partial charge in [0.1, 0.15) is 0 Å². The van der Waals surface area contributed by atoms with E-state index in [9.17, 15) is 0 Å². The van der Waals surface area contributed by atoms with Gasteiger partial charge in [-0.25, -0.2) is 0 Å². The van der Waals surface area contributed by atoms with E-state index in [4.69, 9.17) is 38.4 Å². The van der Waals surface area contributed by atoms with Gasteiger partial charge in [-0.1, -0.05) is 7.43 Å². The topological polar surface area (TPSA) is 87.6 Å². The number of aromatic nitrogens is 2. The van der Waals surface area contributed by atoms with Crippen molar-refractivity contribution < 1.29 is 28.4 Å². The Morgan fingerprint density at radius 2 is 0.816 bits per heavy atom. The maximum absolute atomic E-state index is 5.53. The molecule has 0 atom stereocenters. The van der Waals surface area contributed by atoms with Crippen LogP contribution in [0.5, 0.6) is 34.5 Å². The molecule has 0 aliphatic carbocycles. The van der Waals surface area contributed by atoms with Gasteiger partial charge in [0.25, 0.3) is 0 Å². The minimum Gasteiger partial charge on any atom is -0.493 e. The summed E-state index contributed by atoms with van der Waals surface area (Å²) in [5.74, 6) is 5.15. The first-order chi connectivity index (χ1) is 23.5. The molecule has 0 radical (unpaired) electrons. The predicted molar refractivity (Wildman–Crippen MR) is 195 cm³/mol. The summed E-state index contributed by atoms with van der Waals surface area (Å²) in [7, 11) is 9.72. The number of hydrogen-bond donors (Lipinski definition) is 0. The van der Waals surface area contributed by atoms with Gasteiger partial charge in [-0.3, -0.25) is 9.97 Å². The van der Waals surface area contributed by atoms with Crippen molar-refractivity contribution in [1.82, 2.24) is 9.97 Å². The van der Waals surface area contributed by atoms with Crippen molar-refractivity contribution in [3.05, 3.63) is 60.9 Å². The number of rotatable bonds is 11. The van der Waals surface area contributed by atoms with Crippen molar-refractivity contribution in [1.29, 1.82) is 0 Å². The van der Waals surface area contributed by atoms with E-state index < -0.39 is 0 Å². The minimum atomic E-state index is 0. The van der Waals surface area contributed by atoms with Crippen LogP contribution in [0.3, 0.4) is 0 Å². The molecule has 6 rings (SSSR count). The molecule has 262 valence electrons. The van der Waals surface area contributed by atoms with Crippen molar-refractivity contribution in [3.63, 3.8) is 0 Å². The first-order valence-electron chi connectivity index (χ1n) is 16.5. The molecular weight excluding hydrogens is 620 g/mol. The largest absolute Gasteiger partial charge is 0.493 e. The highest BCUT2D eigenvalue weighted by molar-refractivity contribution is 5.71. The third kappa shape index (κ3) is 7.43. The van der Waals surface area contributed by atoms with Crippen LogP contribution in [0.15, 0.2) is 60.9 Å². The van der Waals surface area contributed by atoms with E-state index in [0.29, 0.717) is 34.5 Å². The van der Waals surface area contributed by atoms with E-state index in [0.717, 1.165) is 60.5 Å². The van der Waals surface area contributed by atoms with Crippen molar-refractivity contribution >= 4 is 11.4 Å². The lowest BCUT2D eigenvalue weighted by atomic mass is 9.78. The number of nitrogens with zero attached hydrogens (tertiary/aromatic N) is 4. The van der Waals surface area contributed by atoms with Crippen LogP contribution in [0.1, 0.15) is 33.1 Å². The molecule has 0 unspecified atom stereocenters. The Hall–Kier alpha value is -4.86. The van der Waals surface area contributed by atoms with Gasteiger partial charge < -0.3 is 38.2 Å². The zero-order chi connectivity index (χ0) is 33.6. The fourth-order valence-electron chi connectivity index (χ4n) is 7.20. The normalized spacial score (nSPS) is 15.3. The predicted octanol–water partition coefficient (Wildman–Crippen LogP) is 7.63. The summed E-state index contributed by atoms with van der Waals surface area (Å²) in [6, 6.07) is 16.2. The maximum atomic E-state index is 5.53. The van der Waals surface area contributed by atoms with Crippen LogP contribution < -0.4 is 38.2 Å². The first kappa shape index (κ1) is 35.4. The zero-order valence-electron chi connectivity index (χ0n) is 28.8.